The van der Waals surface area contributed by atoms with Gasteiger partial charge in [-0.2, -0.15) is 0 Å². The summed E-state index contributed by atoms with van der Waals surface area (Å²) in [6, 6.07) is 3.43. The van der Waals surface area contributed by atoms with E-state index in [2.05, 4.69) is 10.2 Å². The maximum Gasteiger partial charge on any atom is 0.273 e. The van der Waals surface area contributed by atoms with Crippen LogP contribution in [0.5, 0.6) is 0 Å². The number of aromatic nitrogens is 2. The van der Waals surface area contributed by atoms with Crippen LogP contribution in [0.4, 0.5) is 5.82 Å². The van der Waals surface area contributed by atoms with Crippen LogP contribution in [-0.2, 0) is 0 Å². The molecule has 17 heavy (non-hydrogen) atoms. The van der Waals surface area contributed by atoms with Gasteiger partial charge < -0.3 is 14.9 Å². The van der Waals surface area contributed by atoms with E-state index in [-0.39, 0.29) is 12.0 Å². The highest BCUT2D eigenvalue weighted by Crippen LogP contribution is 2.17. The maximum atomic E-state index is 11.6. The first-order chi connectivity index (χ1) is 8.08. The van der Waals surface area contributed by atoms with Crippen molar-refractivity contribution in [3.8, 4) is 0 Å². The lowest BCUT2D eigenvalue weighted by Crippen LogP contribution is -2.25. The summed E-state index contributed by atoms with van der Waals surface area (Å²) in [5.74, 6) is 0.544. The molecule has 1 saturated heterocycles. The minimum Gasteiger partial charge on any atom is -0.391 e. The van der Waals surface area contributed by atoms with Crippen LogP contribution >= 0.6 is 0 Å². The van der Waals surface area contributed by atoms with Crippen molar-refractivity contribution in [3.63, 3.8) is 0 Å². The number of anilines is 1. The normalized spacial score (nSPS) is 19.5. The molecule has 6 nitrogen and oxygen atoms in total. The number of amides is 1. The van der Waals surface area contributed by atoms with Crippen molar-refractivity contribution >= 4 is 11.7 Å². The fourth-order valence-corrected chi connectivity index (χ4v) is 1.79. The van der Waals surface area contributed by atoms with Gasteiger partial charge in [0.25, 0.3) is 5.91 Å². The van der Waals surface area contributed by atoms with Gasteiger partial charge >= 0.3 is 0 Å². The van der Waals surface area contributed by atoms with E-state index in [1.54, 1.807) is 26.2 Å². The summed E-state index contributed by atoms with van der Waals surface area (Å²) in [6.07, 6.45) is 0.458. The third kappa shape index (κ3) is 2.52. The molecular formula is C11H16N4O2. The van der Waals surface area contributed by atoms with E-state index in [1.165, 1.54) is 4.90 Å². The molecule has 1 aliphatic rings. The third-order valence-corrected chi connectivity index (χ3v) is 2.76. The van der Waals surface area contributed by atoms with Crippen LogP contribution in [0, 0.1) is 0 Å². The number of aliphatic hydroxyl groups excluding tert-OH is 1. The van der Waals surface area contributed by atoms with Crippen molar-refractivity contribution in [1.29, 1.82) is 0 Å². The summed E-state index contributed by atoms with van der Waals surface area (Å²) in [5.41, 5.74) is 0.332. The molecule has 1 fully saturated rings. The summed E-state index contributed by atoms with van der Waals surface area (Å²) in [4.78, 5) is 15.0. The van der Waals surface area contributed by atoms with Gasteiger partial charge in [-0.15, -0.1) is 10.2 Å². The number of aliphatic hydroxyl groups is 1. The highest BCUT2D eigenvalue weighted by atomic mass is 16.3. The quantitative estimate of drug-likeness (QED) is 0.766. The zero-order valence-corrected chi connectivity index (χ0v) is 10.00. The lowest BCUT2D eigenvalue weighted by molar-refractivity contribution is 0.0821. The van der Waals surface area contributed by atoms with Gasteiger partial charge in [-0.25, -0.2) is 0 Å². The number of β-amino-alcohol motifs (C(OH)–C–C–N with tert-alkyl or cyclic N) is 1. The number of carbonyl (C=O) groups is 1. The Morgan fingerprint density at radius 3 is 2.71 bits per heavy atom. The molecule has 92 valence electrons. The molecule has 6 heteroatoms. The molecule has 0 aromatic carbocycles. The molecule has 0 radical (unpaired) electrons. The summed E-state index contributed by atoms with van der Waals surface area (Å²) < 4.78 is 0. The van der Waals surface area contributed by atoms with Gasteiger partial charge in [0.15, 0.2) is 11.5 Å². The Morgan fingerprint density at radius 1 is 1.47 bits per heavy atom. The van der Waals surface area contributed by atoms with Gasteiger partial charge in [-0.1, -0.05) is 0 Å². The lowest BCUT2D eigenvalue weighted by Gasteiger charge is -2.16. The monoisotopic (exact) mass is 236 g/mol. The molecule has 1 aromatic heterocycles. The van der Waals surface area contributed by atoms with Crippen LogP contribution in [0.1, 0.15) is 16.9 Å². The number of rotatable bonds is 2. The Kier molecular flexibility index (Phi) is 3.23. The zero-order valence-electron chi connectivity index (χ0n) is 10.00. The molecular weight excluding hydrogens is 220 g/mol. The number of carbonyl (C=O) groups excluding carboxylic acids is 1. The van der Waals surface area contributed by atoms with Crippen molar-refractivity contribution in [2.75, 3.05) is 32.1 Å². The first-order valence-electron chi connectivity index (χ1n) is 5.56. The molecule has 0 saturated carbocycles. The SMILES string of the molecule is CN(C)C(=O)c1ccc(N2CCC(O)C2)nn1. The van der Waals surface area contributed by atoms with Gasteiger partial charge in [-0.05, 0) is 18.6 Å². The molecule has 1 atom stereocenters. The smallest absolute Gasteiger partial charge is 0.273 e. The Morgan fingerprint density at radius 2 is 2.24 bits per heavy atom. The minimum atomic E-state index is -0.292. The first-order valence-corrected chi connectivity index (χ1v) is 5.56. The van der Waals surface area contributed by atoms with Crippen molar-refractivity contribution in [2.24, 2.45) is 0 Å². The van der Waals surface area contributed by atoms with Gasteiger partial charge in [-0.3, -0.25) is 4.79 Å². The Bertz CT molecular complexity index is 404. The largest absolute Gasteiger partial charge is 0.391 e. The molecule has 0 aliphatic carbocycles. The summed E-state index contributed by atoms with van der Waals surface area (Å²) in [6.45, 7) is 1.35. The van der Waals surface area contributed by atoms with Crippen molar-refractivity contribution in [3.05, 3.63) is 17.8 Å². The molecule has 1 aromatic rings. The molecule has 0 spiro atoms. The molecule has 2 rings (SSSR count). The van der Waals surface area contributed by atoms with E-state index in [0.717, 1.165) is 13.0 Å². The second-order valence-electron chi connectivity index (χ2n) is 4.36. The average Bonchev–Trinajstić information content (AvgIpc) is 2.75. The molecule has 0 bridgehead atoms. The highest BCUT2D eigenvalue weighted by molar-refractivity contribution is 5.91. The van der Waals surface area contributed by atoms with Crippen molar-refractivity contribution in [1.82, 2.24) is 15.1 Å². The van der Waals surface area contributed by atoms with E-state index in [4.69, 9.17) is 0 Å². The van der Waals surface area contributed by atoms with Gasteiger partial charge in [0.05, 0.1) is 6.10 Å². The van der Waals surface area contributed by atoms with Crippen LogP contribution in [-0.4, -0.2) is 59.4 Å². The molecule has 1 amide bonds. The van der Waals surface area contributed by atoms with E-state index in [0.29, 0.717) is 18.1 Å². The van der Waals surface area contributed by atoms with E-state index in [1.807, 2.05) is 4.90 Å². The first kappa shape index (κ1) is 11.8. The van der Waals surface area contributed by atoms with Crippen LogP contribution in [0.25, 0.3) is 0 Å². The lowest BCUT2D eigenvalue weighted by atomic mass is 10.3. The van der Waals surface area contributed by atoms with Crippen molar-refractivity contribution < 1.29 is 9.90 Å². The number of hydrogen-bond donors (Lipinski definition) is 1. The van der Waals surface area contributed by atoms with Crippen LogP contribution in [0.3, 0.4) is 0 Å². The number of nitrogens with zero attached hydrogens (tertiary/aromatic N) is 4. The zero-order chi connectivity index (χ0) is 12.4. The molecule has 1 unspecified atom stereocenters. The summed E-state index contributed by atoms with van der Waals surface area (Å²) in [7, 11) is 3.35. The fraction of sp³-hybridized carbons (Fsp3) is 0.545. The van der Waals surface area contributed by atoms with Crippen LogP contribution < -0.4 is 4.90 Å². The number of hydrogen-bond acceptors (Lipinski definition) is 5. The Balaban J connectivity index is 2.10. The second kappa shape index (κ2) is 4.67. The second-order valence-corrected chi connectivity index (χ2v) is 4.36. The molecule has 2 heterocycles. The summed E-state index contributed by atoms with van der Waals surface area (Å²) >= 11 is 0. The van der Waals surface area contributed by atoms with E-state index >= 15 is 0 Å². The summed E-state index contributed by atoms with van der Waals surface area (Å²) in [5, 5.41) is 17.3. The standard InChI is InChI=1S/C11H16N4O2/c1-14(2)11(17)9-3-4-10(13-12-9)15-6-5-8(16)7-15/h3-4,8,16H,5-7H2,1-2H3. The Labute approximate surface area is 99.9 Å². The predicted octanol–water partition coefficient (Wildman–Crippen LogP) is -0.251. The minimum absolute atomic E-state index is 0.162. The highest BCUT2D eigenvalue weighted by Gasteiger charge is 2.22. The van der Waals surface area contributed by atoms with E-state index in [9.17, 15) is 9.90 Å². The Hall–Kier alpha value is -1.69. The van der Waals surface area contributed by atoms with Gasteiger partial charge in [0, 0.05) is 27.2 Å². The molecule has 1 aliphatic heterocycles. The van der Waals surface area contributed by atoms with Gasteiger partial charge in [0.2, 0.25) is 0 Å². The van der Waals surface area contributed by atoms with Crippen LogP contribution in [0.15, 0.2) is 12.1 Å². The molecule has 1 N–H and O–H groups in total. The van der Waals surface area contributed by atoms with Crippen molar-refractivity contribution in [2.45, 2.75) is 12.5 Å². The fourth-order valence-electron chi connectivity index (χ4n) is 1.79. The average molecular weight is 236 g/mol. The third-order valence-electron chi connectivity index (χ3n) is 2.76. The van der Waals surface area contributed by atoms with Crippen LogP contribution in [0.2, 0.25) is 0 Å². The van der Waals surface area contributed by atoms with Gasteiger partial charge in [0.1, 0.15) is 0 Å². The predicted molar refractivity (Wildman–Crippen MR) is 62.9 cm³/mol. The topological polar surface area (TPSA) is 69.6 Å². The maximum absolute atomic E-state index is 11.6. The van der Waals surface area contributed by atoms with E-state index < -0.39 is 0 Å².